The minimum absolute atomic E-state index is 0.0304. The summed E-state index contributed by atoms with van der Waals surface area (Å²) in [6.45, 7) is 1.70. The van der Waals surface area contributed by atoms with E-state index in [2.05, 4.69) is 4.98 Å². The quantitative estimate of drug-likeness (QED) is 0.579. The maximum atomic E-state index is 12.9. The first-order chi connectivity index (χ1) is 11.5. The fourth-order valence-corrected chi connectivity index (χ4v) is 2.84. The third-order valence-electron chi connectivity index (χ3n) is 3.24. The van der Waals surface area contributed by atoms with Crippen molar-refractivity contribution in [2.45, 2.75) is 19.6 Å². The summed E-state index contributed by atoms with van der Waals surface area (Å²) in [5.41, 5.74) is -3.44. The predicted molar refractivity (Wildman–Crippen MR) is 83.7 cm³/mol. The Kier molecular flexibility index (Phi) is 4.92. The number of alkyl halides is 3. The number of nitrogens with zero attached hydrogens (tertiary/aromatic N) is 4. The van der Waals surface area contributed by atoms with Crippen molar-refractivity contribution in [3.05, 3.63) is 54.0 Å². The summed E-state index contributed by atoms with van der Waals surface area (Å²) in [6.07, 6.45) is -4.95. The number of anilines is 1. The van der Waals surface area contributed by atoms with Crippen molar-refractivity contribution >= 4 is 28.4 Å². The van der Waals surface area contributed by atoms with Crippen LogP contribution in [-0.2, 0) is 12.7 Å². The highest BCUT2D eigenvalue weighted by Crippen LogP contribution is 2.43. The number of halogens is 3. The molecule has 0 fully saturated rings. The molecule has 0 unspecified atom stereocenters. The number of nitro groups is 2. The molecular weight excluding hydrogens is 365 g/mol. The summed E-state index contributed by atoms with van der Waals surface area (Å²) >= 11 is 1.31. The van der Waals surface area contributed by atoms with Gasteiger partial charge >= 0.3 is 6.18 Å². The van der Waals surface area contributed by atoms with Gasteiger partial charge in [0.05, 0.1) is 32.7 Å². The van der Waals surface area contributed by atoms with E-state index in [0.29, 0.717) is 17.8 Å². The van der Waals surface area contributed by atoms with Gasteiger partial charge in [-0.25, -0.2) is 4.98 Å². The topological polar surface area (TPSA) is 102 Å². The first-order valence-corrected chi connectivity index (χ1v) is 7.55. The Morgan fingerprint density at radius 3 is 2.08 bits per heavy atom. The fourth-order valence-electron chi connectivity index (χ4n) is 2.24. The molecule has 0 spiro atoms. The Morgan fingerprint density at radius 2 is 1.72 bits per heavy atom. The van der Waals surface area contributed by atoms with Crippen LogP contribution in [0.15, 0.2) is 17.5 Å². The van der Waals surface area contributed by atoms with Crippen LogP contribution in [-0.4, -0.2) is 21.9 Å². The van der Waals surface area contributed by atoms with E-state index in [1.165, 1.54) is 18.4 Å². The summed E-state index contributed by atoms with van der Waals surface area (Å²) in [6, 6.07) is 0.594. The normalized spacial score (nSPS) is 11.4. The molecule has 0 amide bonds. The molecule has 0 aliphatic rings. The van der Waals surface area contributed by atoms with Crippen molar-refractivity contribution in [3.63, 3.8) is 0 Å². The van der Waals surface area contributed by atoms with Crippen molar-refractivity contribution in [2.24, 2.45) is 0 Å². The van der Waals surface area contributed by atoms with Crippen LogP contribution in [0.1, 0.15) is 16.3 Å². The van der Waals surface area contributed by atoms with Crippen molar-refractivity contribution < 1.29 is 23.0 Å². The Balaban J connectivity index is 2.61. The molecular formula is C13H11F3N4O4S. The molecule has 1 heterocycles. The molecule has 0 saturated carbocycles. The molecule has 0 radical (unpaired) electrons. The van der Waals surface area contributed by atoms with Gasteiger partial charge in [-0.3, -0.25) is 20.2 Å². The van der Waals surface area contributed by atoms with Gasteiger partial charge in [0.25, 0.3) is 11.4 Å². The number of hydrogen-bond acceptors (Lipinski definition) is 7. The maximum absolute atomic E-state index is 12.9. The van der Waals surface area contributed by atoms with Crippen LogP contribution in [0.25, 0.3) is 0 Å². The summed E-state index contributed by atoms with van der Waals surface area (Å²) < 4.78 is 38.7. The molecule has 134 valence electrons. The van der Waals surface area contributed by atoms with Crippen molar-refractivity contribution in [1.82, 2.24) is 4.98 Å². The van der Waals surface area contributed by atoms with Crippen molar-refractivity contribution in [2.75, 3.05) is 11.9 Å². The molecule has 1 aromatic carbocycles. The molecule has 0 atom stereocenters. The van der Waals surface area contributed by atoms with Crippen LogP contribution in [0.4, 0.5) is 30.2 Å². The monoisotopic (exact) mass is 376 g/mol. The van der Waals surface area contributed by atoms with Gasteiger partial charge in [0.1, 0.15) is 0 Å². The number of thiazole rings is 1. The molecule has 2 aromatic rings. The van der Waals surface area contributed by atoms with E-state index < -0.39 is 38.6 Å². The lowest BCUT2D eigenvalue weighted by atomic mass is 10.1. The zero-order valence-electron chi connectivity index (χ0n) is 12.9. The molecule has 0 N–H and O–H groups in total. The lowest BCUT2D eigenvalue weighted by Gasteiger charge is -2.19. The lowest BCUT2D eigenvalue weighted by molar-refractivity contribution is -0.393. The molecule has 2 rings (SSSR count). The van der Waals surface area contributed by atoms with E-state index in [1.54, 1.807) is 12.3 Å². The Hall–Kier alpha value is -2.76. The van der Waals surface area contributed by atoms with Crippen LogP contribution in [0.5, 0.6) is 0 Å². The first kappa shape index (κ1) is 18.6. The number of rotatable bonds is 5. The van der Waals surface area contributed by atoms with Gasteiger partial charge in [-0.15, -0.1) is 11.3 Å². The van der Waals surface area contributed by atoms with Crippen LogP contribution < -0.4 is 4.90 Å². The second kappa shape index (κ2) is 6.63. The summed E-state index contributed by atoms with van der Waals surface area (Å²) in [4.78, 5) is 25.6. The van der Waals surface area contributed by atoms with Gasteiger partial charge in [0.2, 0.25) is 0 Å². The van der Waals surface area contributed by atoms with Crippen molar-refractivity contribution in [1.29, 1.82) is 0 Å². The van der Waals surface area contributed by atoms with Gasteiger partial charge < -0.3 is 4.90 Å². The zero-order chi connectivity index (χ0) is 18.9. The van der Waals surface area contributed by atoms with E-state index in [0.717, 1.165) is 9.91 Å². The van der Waals surface area contributed by atoms with Crippen LogP contribution >= 0.6 is 11.3 Å². The van der Waals surface area contributed by atoms with Gasteiger partial charge in [-0.2, -0.15) is 13.2 Å². The average Bonchev–Trinajstić information content (AvgIpc) is 2.89. The minimum atomic E-state index is -4.95. The molecule has 25 heavy (non-hydrogen) atoms. The number of aromatic nitrogens is 1. The van der Waals surface area contributed by atoms with E-state index in [4.69, 9.17) is 0 Å². The molecule has 0 aliphatic heterocycles. The highest BCUT2D eigenvalue weighted by atomic mass is 32.1. The Labute approximate surface area is 142 Å². The predicted octanol–water partition coefficient (Wildman–Crippen LogP) is 3.92. The van der Waals surface area contributed by atoms with Gasteiger partial charge in [0, 0.05) is 24.6 Å². The maximum Gasteiger partial charge on any atom is 0.416 e. The minimum Gasteiger partial charge on any atom is -0.357 e. The van der Waals surface area contributed by atoms with Crippen molar-refractivity contribution in [3.8, 4) is 0 Å². The molecule has 0 saturated heterocycles. The number of aryl methyl sites for hydroxylation is 1. The average molecular weight is 376 g/mol. The van der Waals surface area contributed by atoms with Crippen LogP contribution in [0.2, 0.25) is 0 Å². The highest BCUT2D eigenvalue weighted by molar-refractivity contribution is 7.09. The second-order valence-electron chi connectivity index (χ2n) is 5.09. The number of hydrogen-bond donors (Lipinski definition) is 0. The van der Waals surface area contributed by atoms with E-state index in [9.17, 15) is 33.4 Å². The van der Waals surface area contributed by atoms with Gasteiger partial charge in [-0.1, -0.05) is 0 Å². The number of nitro benzene ring substituents is 2. The van der Waals surface area contributed by atoms with Crippen LogP contribution in [0, 0.1) is 27.2 Å². The van der Waals surface area contributed by atoms with Crippen LogP contribution in [0.3, 0.4) is 0 Å². The molecule has 0 bridgehead atoms. The second-order valence-corrected chi connectivity index (χ2v) is 6.15. The molecule has 8 nitrogen and oxygen atoms in total. The smallest absolute Gasteiger partial charge is 0.357 e. The third kappa shape index (κ3) is 4.02. The van der Waals surface area contributed by atoms with E-state index in [-0.39, 0.29) is 6.54 Å². The Bertz CT molecular complexity index is 802. The lowest BCUT2D eigenvalue weighted by Crippen LogP contribution is -2.20. The summed E-state index contributed by atoms with van der Waals surface area (Å²) in [5.74, 6) is 0. The van der Waals surface area contributed by atoms with E-state index >= 15 is 0 Å². The largest absolute Gasteiger partial charge is 0.416 e. The molecule has 0 aliphatic carbocycles. The summed E-state index contributed by atoms with van der Waals surface area (Å²) in [7, 11) is 1.32. The standard InChI is InChI=1S/C13H11F3N4O4S/c1-7-17-9(6-25-7)5-18(2)12-10(19(21)22)3-8(13(14,15)16)4-11(12)20(23)24/h3-4,6H,5H2,1-2H3. The van der Waals surface area contributed by atoms with E-state index in [1.807, 2.05) is 0 Å². The first-order valence-electron chi connectivity index (χ1n) is 6.67. The van der Waals surface area contributed by atoms with Gasteiger partial charge in [0.15, 0.2) is 5.69 Å². The third-order valence-corrected chi connectivity index (χ3v) is 4.06. The Morgan fingerprint density at radius 1 is 1.20 bits per heavy atom. The SMILES string of the molecule is Cc1nc(CN(C)c2c([N+](=O)[O-])cc(C(F)(F)F)cc2[N+](=O)[O-])cs1. The highest BCUT2D eigenvalue weighted by Gasteiger charge is 2.38. The molecule has 1 aromatic heterocycles. The summed E-state index contributed by atoms with van der Waals surface area (Å²) in [5, 5.41) is 24.8. The zero-order valence-corrected chi connectivity index (χ0v) is 13.7. The molecule has 12 heteroatoms. The van der Waals surface area contributed by atoms with Gasteiger partial charge in [-0.05, 0) is 6.92 Å². The fraction of sp³-hybridized carbons (Fsp3) is 0.308. The number of benzene rings is 1.